The Balaban J connectivity index is 2.48. The highest BCUT2D eigenvalue weighted by atomic mass is 32.1. The lowest BCUT2D eigenvalue weighted by molar-refractivity contribution is -0.142. The standard InChI is InChI=1S/C11H17NO3S/c1-4-15-11(13)6-9-7-16-10(12-9)5-8(2)14-3/h7-8H,4-6H2,1-3H3. The molecule has 1 aromatic rings. The summed E-state index contributed by atoms with van der Waals surface area (Å²) >= 11 is 1.55. The molecule has 5 heteroatoms. The SMILES string of the molecule is CCOC(=O)Cc1csc(CC(C)OC)n1. The van der Waals surface area contributed by atoms with E-state index >= 15 is 0 Å². The van der Waals surface area contributed by atoms with Crippen LogP contribution in [0, 0.1) is 0 Å². The van der Waals surface area contributed by atoms with E-state index in [1.165, 1.54) is 0 Å². The monoisotopic (exact) mass is 243 g/mol. The van der Waals surface area contributed by atoms with E-state index < -0.39 is 0 Å². The number of ether oxygens (including phenoxy) is 2. The van der Waals surface area contributed by atoms with Crippen LogP contribution in [0.1, 0.15) is 24.5 Å². The van der Waals surface area contributed by atoms with Crippen molar-refractivity contribution in [3.05, 3.63) is 16.1 Å². The zero-order chi connectivity index (χ0) is 12.0. The molecule has 0 radical (unpaired) electrons. The molecule has 0 aliphatic heterocycles. The summed E-state index contributed by atoms with van der Waals surface area (Å²) in [5.41, 5.74) is 0.779. The third kappa shape index (κ3) is 4.28. The van der Waals surface area contributed by atoms with Gasteiger partial charge in [0.2, 0.25) is 0 Å². The minimum atomic E-state index is -0.223. The van der Waals surface area contributed by atoms with Gasteiger partial charge in [0.25, 0.3) is 0 Å². The van der Waals surface area contributed by atoms with Crippen molar-refractivity contribution in [1.29, 1.82) is 0 Å². The van der Waals surface area contributed by atoms with Gasteiger partial charge in [-0.25, -0.2) is 4.98 Å². The average Bonchev–Trinajstić information content (AvgIpc) is 2.65. The quantitative estimate of drug-likeness (QED) is 0.715. The largest absolute Gasteiger partial charge is 0.466 e. The molecular formula is C11H17NO3S. The molecule has 0 aromatic carbocycles. The van der Waals surface area contributed by atoms with Crippen LogP contribution in [0.15, 0.2) is 5.38 Å². The molecular weight excluding hydrogens is 226 g/mol. The van der Waals surface area contributed by atoms with Gasteiger partial charge in [-0.05, 0) is 13.8 Å². The van der Waals surface area contributed by atoms with Gasteiger partial charge in [-0.2, -0.15) is 0 Å². The molecule has 1 rings (SSSR count). The van der Waals surface area contributed by atoms with Gasteiger partial charge in [-0.15, -0.1) is 11.3 Å². The lowest BCUT2D eigenvalue weighted by Gasteiger charge is -2.05. The maximum atomic E-state index is 11.2. The van der Waals surface area contributed by atoms with Crippen LogP contribution in [0.2, 0.25) is 0 Å². The van der Waals surface area contributed by atoms with Crippen LogP contribution in [0.4, 0.5) is 0 Å². The van der Waals surface area contributed by atoms with Crippen molar-refractivity contribution >= 4 is 17.3 Å². The van der Waals surface area contributed by atoms with Crippen LogP contribution in [-0.2, 0) is 27.1 Å². The van der Waals surface area contributed by atoms with Crippen LogP contribution in [0.5, 0.6) is 0 Å². The fourth-order valence-electron chi connectivity index (χ4n) is 1.21. The Morgan fingerprint density at radius 3 is 3.00 bits per heavy atom. The van der Waals surface area contributed by atoms with Crippen molar-refractivity contribution < 1.29 is 14.3 Å². The molecule has 1 aromatic heterocycles. The molecule has 0 aliphatic rings. The van der Waals surface area contributed by atoms with E-state index in [0.29, 0.717) is 6.61 Å². The van der Waals surface area contributed by atoms with Crippen LogP contribution in [0.3, 0.4) is 0 Å². The van der Waals surface area contributed by atoms with Gasteiger partial charge in [0.05, 0.1) is 29.8 Å². The molecule has 0 aliphatic carbocycles. The van der Waals surface area contributed by atoms with E-state index in [1.807, 2.05) is 12.3 Å². The predicted octanol–water partition coefficient (Wildman–Crippen LogP) is 1.83. The van der Waals surface area contributed by atoms with E-state index in [4.69, 9.17) is 9.47 Å². The van der Waals surface area contributed by atoms with Crippen LogP contribution >= 0.6 is 11.3 Å². The van der Waals surface area contributed by atoms with Crippen molar-refractivity contribution in [2.45, 2.75) is 32.8 Å². The number of thiazole rings is 1. The summed E-state index contributed by atoms with van der Waals surface area (Å²) in [6.07, 6.45) is 1.19. The van der Waals surface area contributed by atoms with E-state index in [0.717, 1.165) is 17.1 Å². The number of nitrogens with zero attached hydrogens (tertiary/aromatic N) is 1. The summed E-state index contributed by atoms with van der Waals surface area (Å²) < 4.78 is 10.0. The Labute approximate surface area is 99.6 Å². The summed E-state index contributed by atoms with van der Waals surface area (Å²) in [4.78, 5) is 15.6. The number of methoxy groups -OCH3 is 1. The highest BCUT2D eigenvalue weighted by Crippen LogP contribution is 2.13. The van der Waals surface area contributed by atoms with Gasteiger partial charge >= 0.3 is 5.97 Å². The third-order valence-corrected chi connectivity index (χ3v) is 3.01. The molecule has 16 heavy (non-hydrogen) atoms. The first kappa shape index (κ1) is 13.1. The molecule has 4 nitrogen and oxygen atoms in total. The average molecular weight is 243 g/mol. The first-order chi connectivity index (χ1) is 7.65. The number of rotatable bonds is 6. The van der Waals surface area contributed by atoms with Gasteiger partial charge in [0.1, 0.15) is 0 Å². The Morgan fingerprint density at radius 1 is 1.62 bits per heavy atom. The first-order valence-corrected chi connectivity index (χ1v) is 6.15. The van der Waals surface area contributed by atoms with Crippen molar-refractivity contribution in [3.8, 4) is 0 Å². The Bertz CT molecular complexity index is 338. The lowest BCUT2D eigenvalue weighted by atomic mass is 10.3. The summed E-state index contributed by atoms with van der Waals surface area (Å²) in [5.74, 6) is -0.223. The van der Waals surface area contributed by atoms with Crippen molar-refractivity contribution in [2.24, 2.45) is 0 Å². The fraction of sp³-hybridized carbons (Fsp3) is 0.636. The van der Waals surface area contributed by atoms with Gasteiger partial charge in [-0.3, -0.25) is 4.79 Å². The molecule has 0 saturated heterocycles. The molecule has 0 spiro atoms. The molecule has 0 bridgehead atoms. The molecule has 90 valence electrons. The summed E-state index contributed by atoms with van der Waals surface area (Å²) in [5, 5.41) is 2.89. The summed E-state index contributed by atoms with van der Waals surface area (Å²) in [6, 6.07) is 0. The second kappa shape index (κ2) is 6.60. The number of esters is 1. The Kier molecular flexibility index (Phi) is 5.42. The third-order valence-electron chi connectivity index (χ3n) is 2.09. The summed E-state index contributed by atoms with van der Waals surface area (Å²) in [7, 11) is 1.68. The molecule has 0 saturated carbocycles. The van der Waals surface area contributed by atoms with Crippen molar-refractivity contribution in [3.63, 3.8) is 0 Å². The van der Waals surface area contributed by atoms with Gasteiger partial charge in [0.15, 0.2) is 0 Å². The number of carbonyl (C=O) groups is 1. The molecule has 1 unspecified atom stereocenters. The molecule has 0 N–H and O–H groups in total. The Hall–Kier alpha value is -0.940. The second-order valence-electron chi connectivity index (χ2n) is 3.46. The zero-order valence-corrected chi connectivity index (χ0v) is 10.7. The topological polar surface area (TPSA) is 48.4 Å². The molecule has 1 atom stereocenters. The Morgan fingerprint density at radius 2 is 2.38 bits per heavy atom. The van der Waals surface area contributed by atoms with Crippen LogP contribution < -0.4 is 0 Å². The number of hydrogen-bond donors (Lipinski definition) is 0. The zero-order valence-electron chi connectivity index (χ0n) is 9.86. The van der Waals surface area contributed by atoms with Crippen LogP contribution in [-0.4, -0.2) is 30.8 Å². The number of carbonyl (C=O) groups excluding carboxylic acids is 1. The second-order valence-corrected chi connectivity index (χ2v) is 4.41. The maximum absolute atomic E-state index is 11.2. The van der Waals surface area contributed by atoms with Crippen molar-refractivity contribution in [2.75, 3.05) is 13.7 Å². The predicted molar refractivity (Wildman–Crippen MR) is 62.6 cm³/mol. The van der Waals surface area contributed by atoms with Gasteiger partial charge in [-0.1, -0.05) is 0 Å². The van der Waals surface area contributed by atoms with E-state index in [-0.39, 0.29) is 18.5 Å². The van der Waals surface area contributed by atoms with Crippen LogP contribution in [0.25, 0.3) is 0 Å². The van der Waals surface area contributed by atoms with E-state index in [9.17, 15) is 4.79 Å². The van der Waals surface area contributed by atoms with Gasteiger partial charge in [0, 0.05) is 18.9 Å². The fourth-order valence-corrected chi connectivity index (χ4v) is 2.12. The minimum Gasteiger partial charge on any atom is -0.466 e. The van der Waals surface area contributed by atoms with Crippen molar-refractivity contribution in [1.82, 2.24) is 4.98 Å². The molecule has 0 amide bonds. The lowest BCUT2D eigenvalue weighted by Crippen LogP contribution is -2.09. The van der Waals surface area contributed by atoms with E-state index in [2.05, 4.69) is 4.98 Å². The maximum Gasteiger partial charge on any atom is 0.311 e. The normalized spacial score (nSPS) is 12.4. The number of hydrogen-bond acceptors (Lipinski definition) is 5. The molecule has 0 fully saturated rings. The van der Waals surface area contributed by atoms with E-state index in [1.54, 1.807) is 25.4 Å². The first-order valence-electron chi connectivity index (χ1n) is 5.27. The highest BCUT2D eigenvalue weighted by Gasteiger charge is 2.10. The van der Waals surface area contributed by atoms with Gasteiger partial charge < -0.3 is 9.47 Å². The summed E-state index contributed by atoms with van der Waals surface area (Å²) in [6.45, 7) is 4.20. The number of aromatic nitrogens is 1. The highest BCUT2D eigenvalue weighted by molar-refractivity contribution is 7.09. The molecule has 1 heterocycles. The smallest absolute Gasteiger partial charge is 0.311 e. The minimum absolute atomic E-state index is 0.154.